The molecule has 2 saturated heterocycles. The molecule has 0 amide bonds. The van der Waals surface area contributed by atoms with E-state index in [-0.39, 0.29) is 25.2 Å². The average Bonchev–Trinajstić information content (AvgIpc) is 2.70. The fourth-order valence-electron chi connectivity index (χ4n) is 7.72. The Balaban J connectivity index is 2.25. The van der Waals surface area contributed by atoms with Gasteiger partial charge in [0.25, 0.3) is 0 Å². The van der Waals surface area contributed by atoms with Gasteiger partial charge in [0.1, 0.15) is 13.2 Å². The zero-order chi connectivity index (χ0) is 29.2. The van der Waals surface area contributed by atoms with Crippen molar-refractivity contribution in [2.24, 2.45) is 0 Å². The fourth-order valence-corrected chi connectivity index (χ4v) is 7.72. The highest BCUT2D eigenvalue weighted by atomic mass is 16.5. The highest BCUT2D eigenvalue weighted by Gasteiger charge is 2.64. The number of esters is 2. The monoisotopic (exact) mass is 536 g/mol. The molecule has 0 aliphatic carbocycles. The molecule has 2 aliphatic heterocycles. The Morgan fingerprint density at radius 2 is 0.895 bits per heavy atom. The summed E-state index contributed by atoms with van der Waals surface area (Å²) in [6.45, 7) is 21.8. The molecule has 0 atom stereocenters. The van der Waals surface area contributed by atoms with Gasteiger partial charge in [-0.2, -0.15) is 0 Å². The van der Waals surface area contributed by atoms with Crippen LogP contribution in [-0.2, 0) is 19.1 Å². The lowest BCUT2D eigenvalue weighted by atomic mass is 9.57. The molecular weight excluding hydrogens is 484 g/mol. The van der Waals surface area contributed by atoms with Gasteiger partial charge in [-0.1, -0.05) is 12.2 Å². The SMILES string of the molecule is CC=CC(=O)OCCN1C(C)(C)CC(O)(C2(O)CC(C)(C)N(CCOC(=O)C=CC)C(C)(C)C2)CC1(C)C. The summed E-state index contributed by atoms with van der Waals surface area (Å²) in [6.07, 6.45) is 7.66. The number of aliphatic hydroxyl groups is 2. The van der Waals surface area contributed by atoms with Gasteiger partial charge in [-0.15, -0.1) is 0 Å². The normalized spacial score (nSPS) is 25.9. The molecule has 0 radical (unpaired) electrons. The molecule has 8 nitrogen and oxygen atoms in total. The van der Waals surface area contributed by atoms with E-state index < -0.39 is 33.4 Å². The van der Waals surface area contributed by atoms with Crippen LogP contribution >= 0.6 is 0 Å². The predicted octanol–water partition coefficient (Wildman–Crippen LogP) is 3.99. The highest BCUT2D eigenvalue weighted by molar-refractivity contribution is 5.82. The number of nitrogens with zero attached hydrogens (tertiary/aromatic N) is 2. The van der Waals surface area contributed by atoms with Crippen LogP contribution in [0.2, 0.25) is 0 Å². The van der Waals surface area contributed by atoms with Crippen molar-refractivity contribution in [3.8, 4) is 0 Å². The molecule has 2 rings (SSSR count). The van der Waals surface area contributed by atoms with Crippen LogP contribution in [0.3, 0.4) is 0 Å². The van der Waals surface area contributed by atoms with Crippen molar-refractivity contribution in [1.29, 1.82) is 0 Å². The van der Waals surface area contributed by atoms with E-state index in [1.165, 1.54) is 12.2 Å². The van der Waals surface area contributed by atoms with Crippen LogP contribution in [0.4, 0.5) is 0 Å². The predicted molar refractivity (Wildman–Crippen MR) is 150 cm³/mol. The molecule has 0 spiro atoms. The van der Waals surface area contributed by atoms with Crippen LogP contribution in [0.15, 0.2) is 24.3 Å². The van der Waals surface area contributed by atoms with E-state index in [1.807, 2.05) is 0 Å². The molecule has 2 fully saturated rings. The number of hydrogen-bond donors (Lipinski definition) is 2. The standard InChI is InChI=1S/C30H52N2O6/c1-11-13-23(33)37-17-15-31-25(3,4)19-29(35,20-26(31,5)6)30(36)21-27(7,8)32(28(9,10)22-30)16-18-38-24(34)14-12-2/h11-14,35-36H,15-22H2,1-10H3. The Morgan fingerprint density at radius 3 is 1.13 bits per heavy atom. The molecule has 38 heavy (non-hydrogen) atoms. The van der Waals surface area contributed by atoms with Gasteiger partial charge < -0.3 is 19.7 Å². The zero-order valence-electron chi connectivity index (χ0n) is 25.4. The van der Waals surface area contributed by atoms with E-state index >= 15 is 0 Å². The van der Waals surface area contributed by atoms with E-state index in [1.54, 1.807) is 26.0 Å². The van der Waals surface area contributed by atoms with Crippen LogP contribution in [0.25, 0.3) is 0 Å². The summed E-state index contributed by atoms with van der Waals surface area (Å²) in [6, 6.07) is 0. The number of hydrogen-bond acceptors (Lipinski definition) is 8. The van der Waals surface area contributed by atoms with E-state index in [9.17, 15) is 19.8 Å². The number of carbonyl (C=O) groups is 2. The quantitative estimate of drug-likeness (QED) is 0.337. The second kappa shape index (κ2) is 11.4. The number of piperidine rings is 2. The lowest BCUT2D eigenvalue weighted by Crippen LogP contribution is -2.76. The first-order chi connectivity index (χ1) is 17.3. The van der Waals surface area contributed by atoms with E-state index in [0.717, 1.165) is 0 Å². The van der Waals surface area contributed by atoms with Crippen LogP contribution in [-0.4, -0.2) is 91.6 Å². The first-order valence-corrected chi connectivity index (χ1v) is 13.8. The van der Waals surface area contributed by atoms with Gasteiger partial charge in [0.05, 0.1) is 11.2 Å². The Kier molecular flexibility index (Phi) is 9.74. The zero-order valence-corrected chi connectivity index (χ0v) is 25.4. The second-order valence-electron chi connectivity index (χ2n) is 13.7. The van der Waals surface area contributed by atoms with Crippen molar-refractivity contribution in [3.05, 3.63) is 24.3 Å². The van der Waals surface area contributed by atoms with Gasteiger partial charge >= 0.3 is 11.9 Å². The maximum atomic E-state index is 12.3. The van der Waals surface area contributed by atoms with Crippen LogP contribution in [0, 0.1) is 0 Å². The Morgan fingerprint density at radius 1 is 0.632 bits per heavy atom. The summed E-state index contributed by atoms with van der Waals surface area (Å²) in [4.78, 5) is 28.2. The Bertz CT molecular complexity index is 808. The number of carbonyl (C=O) groups excluding carboxylic acids is 2. The van der Waals surface area contributed by atoms with Crippen molar-refractivity contribution >= 4 is 11.9 Å². The number of ether oxygens (including phenoxy) is 2. The third-order valence-electron chi connectivity index (χ3n) is 8.41. The summed E-state index contributed by atoms with van der Waals surface area (Å²) >= 11 is 0. The summed E-state index contributed by atoms with van der Waals surface area (Å²) in [7, 11) is 0. The van der Waals surface area contributed by atoms with Crippen molar-refractivity contribution < 1.29 is 29.3 Å². The molecule has 0 aromatic heterocycles. The molecular formula is C30H52N2O6. The van der Waals surface area contributed by atoms with E-state index in [0.29, 0.717) is 38.8 Å². The van der Waals surface area contributed by atoms with Crippen LogP contribution < -0.4 is 0 Å². The largest absolute Gasteiger partial charge is 0.461 e. The molecule has 0 saturated carbocycles. The number of rotatable bonds is 9. The van der Waals surface area contributed by atoms with E-state index in [4.69, 9.17) is 9.47 Å². The Hall–Kier alpha value is -1.74. The van der Waals surface area contributed by atoms with Gasteiger partial charge in [0, 0.05) is 47.4 Å². The number of likely N-dealkylation sites (tertiary alicyclic amines) is 2. The van der Waals surface area contributed by atoms with Gasteiger partial charge in [-0.05, 0) is 94.9 Å². The minimum Gasteiger partial charge on any atom is -0.461 e. The molecule has 2 aliphatic rings. The average molecular weight is 537 g/mol. The molecule has 2 N–H and O–H groups in total. The maximum Gasteiger partial charge on any atom is 0.330 e. The maximum absolute atomic E-state index is 12.3. The van der Waals surface area contributed by atoms with Crippen molar-refractivity contribution in [1.82, 2.24) is 9.80 Å². The molecule has 0 bridgehead atoms. The first kappa shape index (κ1) is 32.5. The summed E-state index contributed by atoms with van der Waals surface area (Å²) < 4.78 is 10.7. The third-order valence-corrected chi connectivity index (χ3v) is 8.41. The summed E-state index contributed by atoms with van der Waals surface area (Å²) in [5.74, 6) is -0.725. The van der Waals surface area contributed by atoms with Crippen LogP contribution in [0.5, 0.6) is 0 Å². The molecule has 0 aromatic rings. The summed E-state index contributed by atoms with van der Waals surface area (Å²) in [5.41, 5.74) is -4.46. The summed E-state index contributed by atoms with van der Waals surface area (Å²) in [5, 5.41) is 24.6. The second-order valence-corrected chi connectivity index (χ2v) is 13.7. The Labute approximate surface area is 230 Å². The smallest absolute Gasteiger partial charge is 0.330 e. The lowest BCUT2D eigenvalue weighted by Gasteiger charge is -2.66. The van der Waals surface area contributed by atoms with Gasteiger partial charge in [-0.25, -0.2) is 9.59 Å². The van der Waals surface area contributed by atoms with Crippen LogP contribution in [0.1, 0.15) is 94.9 Å². The molecule has 2 heterocycles. The molecule has 218 valence electrons. The minimum atomic E-state index is -1.32. The van der Waals surface area contributed by atoms with Gasteiger partial charge in [-0.3, -0.25) is 9.80 Å². The molecule has 0 unspecified atom stereocenters. The minimum absolute atomic E-state index is 0.256. The van der Waals surface area contributed by atoms with Crippen molar-refractivity contribution in [2.75, 3.05) is 26.3 Å². The molecule has 8 heteroatoms. The third kappa shape index (κ3) is 7.06. The highest BCUT2D eigenvalue weighted by Crippen LogP contribution is 2.55. The topological polar surface area (TPSA) is 99.5 Å². The van der Waals surface area contributed by atoms with Crippen molar-refractivity contribution in [2.45, 2.75) is 128 Å². The fraction of sp³-hybridized carbons (Fsp3) is 0.800. The van der Waals surface area contributed by atoms with Crippen molar-refractivity contribution in [3.63, 3.8) is 0 Å². The van der Waals surface area contributed by atoms with E-state index in [2.05, 4.69) is 65.2 Å². The first-order valence-electron chi connectivity index (χ1n) is 13.8. The van der Waals surface area contributed by atoms with Gasteiger partial charge in [0.2, 0.25) is 0 Å². The number of allylic oxidation sites excluding steroid dienone is 2. The lowest BCUT2D eigenvalue weighted by molar-refractivity contribution is -0.263. The molecule has 0 aromatic carbocycles. The van der Waals surface area contributed by atoms with Gasteiger partial charge in [0.15, 0.2) is 0 Å².